The maximum Gasteiger partial charge on any atom is 0.391 e. The molecule has 114 valence electrons. The molecule has 6 heteroatoms. The first-order chi connectivity index (χ1) is 9.55. The quantitative estimate of drug-likeness (QED) is 0.814. The van der Waals surface area contributed by atoms with Crippen LogP contribution in [-0.2, 0) is 6.54 Å². The van der Waals surface area contributed by atoms with Crippen LogP contribution in [0.15, 0.2) is 18.7 Å². The van der Waals surface area contributed by atoms with Crippen LogP contribution in [0.5, 0.6) is 0 Å². The average Bonchev–Trinajstić information content (AvgIpc) is 2.91. The summed E-state index contributed by atoms with van der Waals surface area (Å²) in [6.45, 7) is 1.83. The van der Waals surface area contributed by atoms with E-state index in [0.29, 0.717) is 12.8 Å². The Bertz CT molecular complexity index is 368. The number of rotatable bonds is 6. The molecule has 0 bridgehead atoms. The summed E-state index contributed by atoms with van der Waals surface area (Å²) in [4.78, 5) is 3.98. The Morgan fingerprint density at radius 3 is 2.50 bits per heavy atom. The molecule has 0 saturated heterocycles. The monoisotopic (exact) mass is 289 g/mol. The van der Waals surface area contributed by atoms with Gasteiger partial charge in [0.2, 0.25) is 0 Å². The molecule has 0 atom stereocenters. The second kappa shape index (κ2) is 7.11. The number of halogens is 3. The molecule has 3 nitrogen and oxygen atoms in total. The number of imidazole rings is 1. The maximum absolute atomic E-state index is 12.5. The minimum atomic E-state index is -4.00. The van der Waals surface area contributed by atoms with E-state index in [1.807, 2.05) is 10.8 Å². The van der Waals surface area contributed by atoms with Crippen molar-refractivity contribution >= 4 is 0 Å². The van der Waals surface area contributed by atoms with E-state index < -0.39 is 12.1 Å². The predicted octanol–water partition coefficient (Wildman–Crippen LogP) is 3.37. The van der Waals surface area contributed by atoms with Crippen LogP contribution in [0.1, 0.15) is 38.5 Å². The van der Waals surface area contributed by atoms with Gasteiger partial charge in [-0.3, -0.25) is 0 Å². The molecule has 1 N–H and O–H groups in total. The fraction of sp³-hybridized carbons (Fsp3) is 0.786. The molecule has 1 aliphatic carbocycles. The van der Waals surface area contributed by atoms with Gasteiger partial charge in [-0.15, -0.1) is 0 Å². The number of nitrogens with zero attached hydrogens (tertiary/aromatic N) is 2. The largest absolute Gasteiger partial charge is 0.391 e. The molecule has 2 rings (SSSR count). The van der Waals surface area contributed by atoms with Crippen LogP contribution in [0.3, 0.4) is 0 Å². The van der Waals surface area contributed by atoms with Crippen molar-refractivity contribution in [3.8, 4) is 0 Å². The number of aromatic nitrogens is 2. The highest BCUT2D eigenvalue weighted by atomic mass is 19.4. The summed E-state index contributed by atoms with van der Waals surface area (Å²) in [7, 11) is 0. The molecule has 1 saturated carbocycles. The molecule has 0 amide bonds. The molecule has 1 heterocycles. The fourth-order valence-corrected chi connectivity index (χ4v) is 2.77. The van der Waals surface area contributed by atoms with E-state index in [9.17, 15) is 13.2 Å². The number of aryl methyl sites for hydroxylation is 1. The molecule has 0 aliphatic heterocycles. The smallest absolute Gasteiger partial charge is 0.337 e. The van der Waals surface area contributed by atoms with Gasteiger partial charge in [0.15, 0.2) is 0 Å². The van der Waals surface area contributed by atoms with E-state index in [0.717, 1.165) is 25.9 Å². The zero-order chi connectivity index (χ0) is 14.4. The van der Waals surface area contributed by atoms with Crippen molar-refractivity contribution in [3.63, 3.8) is 0 Å². The Hall–Kier alpha value is -1.04. The molecule has 1 fully saturated rings. The van der Waals surface area contributed by atoms with Gasteiger partial charge >= 0.3 is 6.18 Å². The summed E-state index contributed by atoms with van der Waals surface area (Å²) < 4.78 is 39.6. The van der Waals surface area contributed by atoms with Gasteiger partial charge in [0.1, 0.15) is 0 Å². The Morgan fingerprint density at radius 1 is 1.15 bits per heavy atom. The highest BCUT2D eigenvalue weighted by Crippen LogP contribution is 2.37. The standard InChI is InChI=1S/C14H22F3N3/c15-14(16,17)12-3-5-13(6-4-12)19-7-1-2-9-20-10-8-18-11-20/h8,10-13,19H,1-7,9H2. The van der Waals surface area contributed by atoms with Crippen LogP contribution in [0.2, 0.25) is 0 Å². The average molecular weight is 289 g/mol. The molecule has 0 spiro atoms. The van der Waals surface area contributed by atoms with Crippen molar-refractivity contribution in [2.75, 3.05) is 6.54 Å². The van der Waals surface area contributed by atoms with Crippen molar-refractivity contribution in [2.24, 2.45) is 5.92 Å². The molecule has 0 unspecified atom stereocenters. The van der Waals surface area contributed by atoms with Crippen molar-refractivity contribution < 1.29 is 13.2 Å². The first-order valence-corrected chi connectivity index (χ1v) is 7.31. The summed E-state index contributed by atoms with van der Waals surface area (Å²) >= 11 is 0. The van der Waals surface area contributed by atoms with Crippen LogP contribution in [0, 0.1) is 5.92 Å². The zero-order valence-corrected chi connectivity index (χ0v) is 11.6. The van der Waals surface area contributed by atoms with Crippen LogP contribution < -0.4 is 5.32 Å². The lowest BCUT2D eigenvalue weighted by Crippen LogP contribution is -2.37. The number of unbranched alkanes of at least 4 members (excludes halogenated alkanes) is 1. The fourth-order valence-electron chi connectivity index (χ4n) is 2.77. The minimum Gasteiger partial charge on any atom is -0.337 e. The molecular formula is C14H22F3N3. The van der Waals surface area contributed by atoms with Gasteiger partial charge in [0.25, 0.3) is 0 Å². The van der Waals surface area contributed by atoms with Crippen molar-refractivity contribution in [1.82, 2.24) is 14.9 Å². The third kappa shape index (κ3) is 4.81. The van der Waals surface area contributed by atoms with E-state index in [2.05, 4.69) is 10.3 Å². The van der Waals surface area contributed by atoms with Gasteiger partial charge in [-0.2, -0.15) is 13.2 Å². The summed E-state index contributed by atoms with van der Waals surface area (Å²) in [6, 6.07) is 0.266. The Morgan fingerprint density at radius 2 is 1.90 bits per heavy atom. The first-order valence-electron chi connectivity index (χ1n) is 7.31. The molecular weight excluding hydrogens is 267 g/mol. The minimum absolute atomic E-state index is 0.266. The van der Waals surface area contributed by atoms with Crippen molar-refractivity contribution in [3.05, 3.63) is 18.7 Å². The van der Waals surface area contributed by atoms with Crippen LogP contribution >= 0.6 is 0 Å². The summed E-state index contributed by atoms with van der Waals surface area (Å²) in [5, 5.41) is 3.38. The summed E-state index contributed by atoms with van der Waals surface area (Å²) in [5.74, 6) is -1.08. The predicted molar refractivity (Wildman–Crippen MR) is 71.3 cm³/mol. The Labute approximate surface area is 117 Å². The Kier molecular flexibility index (Phi) is 5.46. The molecule has 20 heavy (non-hydrogen) atoms. The lowest BCUT2D eigenvalue weighted by Gasteiger charge is -2.30. The third-order valence-corrected chi connectivity index (χ3v) is 4.03. The summed E-state index contributed by atoms with van der Waals surface area (Å²) in [5.41, 5.74) is 0. The second-order valence-corrected chi connectivity index (χ2v) is 5.55. The molecule has 0 radical (unpaired) electrons. The highest BCUT2D eigenvalue weighted by Gasteiger charge is 2.41. The summed E-state index contributed by atoms with van der Waals surface area (Å²) in [6.07, 6.45) is 5.42. The van der Waals surface area contributed by atoms with E-state index in [1.54, 1.807) is 12.5 Å². The van der Waals surface area contributed by atoms with Crippen molar-refractivity contribution in [2.45, 2.75) is 57.3 Å². The van der Waals surface area contributed by atoms with E-state index in [4.69, 9.17) is 0 Å². The lowest BCUT2D eigenvalue weighted by molar-refractivity contribution is -0.182. The molecule has 1 aromatic rings. The molecule has 0 aromatic carbocycles. The molecule has 1 aromatic heterocycles. The number of alkyl halides is 3. The van der Waals surface area contributed by atoms with E-state index in [-0.39, 0.29) is 18.9 Å². The van der Waals surface area contributed by atoms with Gasteiger partial charge in [-0.25, -0.2) is 4.98 Å². The highest BCUT2D eigenvalue weighted by molar-refractivity contribution is 4.80. The van der Waals surface area contributed by atoms with Gasteiger partial charge in [-0.05, 0) is 45.1 Å². The van der Waals surface area contributed by atoms with Crippen molar-refractivity contribution in [1.29, 1.82) is 0 Å². The van der Waals surface area contributed by atoms with Gasteiger partial charge in [0.05, 0.1) is 12.2 Å². The van der Waals surface area contributed by atoms with Crippen LogP contribution in [0.25, 0.3) is 0 Å². The number of nitrogens with one attached hydrogen (secondary N) is 1. The van der Waals surface area contributed by atoms with Gasteiger partial charge in [-0.1, -0.05) is 0 Å². The number of hydrogen-bond donors (Lipinski definition) is 1. The lowest BCUT2D eigenvalue weighted by atomic mass is 9.85. The van der Waals surface area contributed by atoms with Gasteiger partial charge in [0, 0.05) is 25.0 Å². The van der Waals surface area contributed by atoms with E-state index >= 15 is 0 Å². The normalized spacial score (nSPS) is 23.9. The van der Waals surface area contributed by atoms with Crippen LogP contribution in [0.4, 0.5) is 13.2 Å². The third-order valence-electron chi connectivity index (χ3n) is 4.03. The molecule has 1 aliphatic rings. The van der Waals surface area contributed by atoms with Gasteiger partial charge < -0.3 is 9.88 Å². The Balaban J connectivity index is 1.53. The topological polar surface area (TPSA) is 29.9 Å². The first kappa shape index (κ1) is 15.4. The number of hydrogen-bond acceptors (Lipinski definition) is 2. The second-order valence-electron chi connectivity index (χ2n) is 5.55. The maximum atomic E-state index is 12.5. The SMILES string of the molecule is FC(F)(F)C1CCC(NCCCCn2ccnc2)CC1. The zero-order valence-electron chi connectivity index (χ0n) is 11.6. The van der Waals surface area contributed by atoms with E-state index in [1.165, 1.54) is 0 Å². The van der Waals surface area contributed by atoms with Crippen LogP contribution in [-0.4, -0.2) is 28.3 Å².